The van der Waals surface area contributed by atoms with Crippen LogP contribution in [0.1, 0.15) is 59.8 Å². The molecule has 0 radical (unpaired) electrons. The van der Waals surface area contributed by atoms with E-state index in [0.29, 0.717) is 25.9 Å². The van der Waals surface area contributed by atoms with E-state index in [1.54, 1.807) is 22.8 Å². The van der Waals surface area contributed by atoms with Crippen molar-refractivity contribution in [1.29, 1.82) is 0 Å². The Morgan fingerprint density at radius 3 is 2.67 bits per heavy atom. The molecule has 0 aromatic rings. The number of likely N-dealkylation sites (tertiary alicyclic amines) is 1. The fourth-order valence-corrected chi connectivity index (χ4v) is 6.26. The van der Waals surface area contributed by atoms with Crippen molar-refractivity contribution in [2.45, 2.75) is 77.0 Å². The minimum atomic E-state index is -1.07. The lowest BCUT2D eigenvalue weighted by molar-refractivity contribution is -0.162. The molecule has 3 rings (SSSR count). The second kappa shape index (κ2) is 10.1. The Kier molecular flexibility index (Phi) is 7.89. The van der Waals surface area contributed by atoms with Gasteiger partial charge in [0, 0.05) is 26.2 Å². The molecule has 33 heavy (non-hydrogen) atoms. The highest BCUT2D eigenvalue weighted by Gasteiger charge is 2.80. The predicted octanol–water partition coefficient (Wildman–Crippen LogP) is 2.15. The van der Waals surface area contributed by atoms with Gasteiger partial charge < -0.3 is 24.4 Å². The van der Waals surface area contributed by atoms with Crippen LogP contribution in [0.4, 0.5) is 0 Å². The molecule has 0 aromatic heterocycles. The summed E-state index contributed by atoms with van der Waals surface area (Å²) in [6.07, 6.45) is 5.48. The molecule has 0 aliphatic carbocycles. The zero-order valence-electron chi connectivity index (χ0n) is 20.5. The van der Waals surface area contributed by atoms with Crippen LogP contribution in [0, 0.1) is 17.8 Å². The van der Waals surface area contributed by atoms with Crippen LogP contribution < -0.4 is 0 Å². The van der Waals surface area contributed by atoms with E-state index >= 15 is 0 Å². The first kappa shape index (κ1) is 25.7. The Morgan fingerprint density at radius 1 is 1.33 bits per heavy atom. The third-order valence-corrected chi connectivity index (χ3v) is 7.84. The number of carbonyl (C=O) groups excluding carboxylic acids is 3. The van der Waals surface area contributed by atoms with Gasteiger partial charge in [-0.2, -0.15) is 0 Å². The number of esters is 1. The van der Waals surface area contributed by atoms with Gasteiger partial charge in [0.2, 0.25) is 11.8 Å². The van der Waals surface area contributed by atoms with Crippen LogP contribution in [0.3, 0.4) is 0 Å². The smallest absolute Gasteiger partial charge is 0.312 e. The topological polar surface area (TPSA) is 96.4 Å². The molecule has 3 saturated heterocycles. The molecule has 3 aliphatic heterocycles. The number of rotatable bonds is 12. The van der Waals surface area contributed by atoms with Crippen molar-refractivity contribution >= 4 is 17.8 Å². The van der Waals surface area contributed by atoms with Gasteiger partial charge in [-0.1, -0.05) is 32.8 Å². The summed E-state index contributed by atoms with van der Waals surface area (Å²) >= 11 is 0. The summed E-state index contributed by atoms with van der Waals surface area (Å²) in [5.41, 5.74) is -1.93. The van der Waals surface area contributed by atoms with E-state index in [0.717, 1.165) is 19.3 Å². The van der Waals surface area contributed by atoms with E-state index in [2.05, 4.69) is 13.5 Å². The fraction of sp³-hybridized carbons (Fsp3) is 0.800. The summed E-state index contributed by atoms with van der Waals surface area (Å²) in [5, 5.41) is 9.45. The van der Waals surface area contributed by atoms with Crippen LogP contribution in [0.2, 0.25) is 0 Å². The zero-order chi connectivity index (χ0) is 24.4. The first-order valence-corrected chi connectivity index (χ1v) is 12.4. The molecule has 3 heterocycles. The van der Waals surface area contributed by atoms with Crippen molar-refractivity contribution in [3.8, 4) is 0 Å². The minimum Gasteiger partial charge on any atom is -0.466 e. The summed E-state index contributed by atoms with van der Waals surface area (Å²) in [7, 11) is 0. The van der Waals surface area contributed by atoms with Crippen molar-refractivity contribution in [1.82, 2.24) is 9.80 Å². The molecular formula is C25H40N2O6. The molecule has 8 nitrogen and oxygen atoms in total. The number of fused-ring (bicyclic) bond motifs is 1. The van der Waals surface area contributed by atoms with Crippen LogP contribution in [0.25, 0.3) is 0 Å². The maximum absolute atomic E-state index is 14.0. The van der Waals surface area contributed by atoms with Gasteiger partial charge in [0.25, 0.3) is 0 Å². The molecule has 2 bridgehead atoms. The van der Waals surface area contributed by atoms with Crippen molar-refractivity contribution < 1.29 is 29.0 Å². The van der Waals surface area contributed by atoms with Gasteiger partial charge >= 0.3 is 5.97 Å². The molecule has 0 aromatic carbocycles. The summed E-state index contributed by atoms with van der Waals surface area (Å²) in [5.74, 6) is -2.38. The third kappa shape index (κ3) is 4.09. The molecule has 0 saturated carbocycles. The van der Waals surface area contributed by atoms with E-state index in [1.807, 2.05) is 13.8 Å². The molecule has 8 heteroatoms. The Hall–Kier alpha value is -1.93. The molecule has 3 fully saturated rings. The molecule has 1 N–H and O–H groups in total. The van der Waals surface area contributed by atoms with Crippen molar-refractivity contribution in [3.05, 3.63) is 12.7 Å². The number of amides is 2. The summed E-state index contributed by atoms with van der Waals surface area (Å²) in [6, 6.07) is -0.827. The van der Waals surface area contributed by atoms with Gasteiger partial charge in [0.15, 0.2) is 0 Å². The highest BCUT2D eigenvalue weighted by Crippen LogP contribution is 2.65. The maximum atomic E-state index is 14.0. The number of ether oxygens (including phenoxy) is 2. The molecule has 2 amide bonds. The number of aliphatic hydroxyl groups is 1. The summed E-state index contributed by atoms with van der Waals surface area (Å²) in [4.78, 5) is 44.2. The van der Waals surface area contributed by atoms with Gasteiger partial charge in [-0.3, -0.25) is 14.4 Å². The second-order valence-corrected chi connectivity index (χ2v) is 9.84. The Morgan fingerprint density at radius 2 is 2.06 bits per heavy atom. The first-order valence-electron chi connectivity index (χ1n) is 12.4. The minimum absolute atomic E-state index is 0.0167. The number of hydrogen-bond acceptors (Lipinski definition) is 6. The summed E-state index contributed by atoms with van der Waals surface area (Å²) in [6.45, 7) is 12.9. The highest BCUT2D eigenvalue weighted by molar-refractivity contribution is 5.98. The van der Waals surface area contributed by atoms with Gasteiger partial charge in [-0.25, -0.2) is 0 Å². The Balaban J connectivity index is 2.04. The van der Waals surface area contributed by atoms with Crippen LogP contribution in [-0.2, 0) is 23.9 Å². The molecular weight excluding hydrogens is 424 g/mol. The molecule has 1 spiro atoms. The number of carbonyl (C=O) groups is 3. The lowest BCUT2D eigenvalue weighted by Crippen LogP contribution is -2.56. The van der Waals surface area contributed by atoms with Gasteiger partial charge in [-0.05, 0) is 39.0 Å². The van der Waals surface area contributed by atoms with E-state index < -0.39 is 35.0 Å². The van der Waals surface area contributed by atoms with Crippen LogP contribution in [-0.4, -0.2) is 82.8 Å². The monoisotopic (exact) mass is 464 g/mol. The third-order valence-electron chi connectivity index (χ3n) is 7.84. The Bertz CT molecular complexity index is 772. The standard InChI is InChI=1S/C25H40N2O6/c1-6-9-10-13-26(12-7-2)22(30)20-25-16-17(4)24(5,33-25)19(23(31)32-8-3)18(25)21(29)27(20)14-11-15-28/h7,17-20,28H,2,6,8-16H2,1,3-5H3/t17?,18-,19-,20?,24+,25?/m0/s1. The zero-order valence-corrected chi connectivity index (χ0v) is 20.5. The van der Waals surface area contributed by atoms with E-state index in [4.69, 9.17) is 9.47 Å². The average Bonchev–Trinajstić information content (AvgIpc) is 3.28. The van der Waals surface area contributed by atoms with E-state index in [9.17, 15) is 19.5 Å². The molecule has 3 aliphatic rings. The quantitative estimate of drug-likeness (QED) is 0.270. The van der Waals surface area contributed by atoms with Crippen molar-refractivity contribution in [2.24, 2.45) is 17.8 Å². The SMILES string of the molecule is C=CCN(CCCCC)C(=O)C1N(CCCO)C(=O)[C@@H]2[C@@H](C(=O)OCC)[C@]3(C)OC12CC3C. The second-order valence-electron chi connectivity index (χ2n) is 9.84. The van der Waals surface area contributed by atoms with E-state index in [-0.39, 0.29) is 37.5 Å². The van der Waals surface area contributed by atoms with Gasteiger partial charge in [-0.15, -0.1) is 6.58 Å². The highest BCUT2D eigenvalue weighted by atomic mass is 16.6. The van der Waals surface area contributed by atoms with Crippen LogP contribution in [0.5, 0.6) is 0 Å². The largest absolute Gasteiger partial charge is 0.466 e. The average molecular weight is 465 g/mol. The van der Waals surface area contributed by atoms with Crippen molar-refractivity contribution in [3.63, 3.8) is 0 Å². The maximum Gasteiger partial charge on any atom is 0.312 e. The van der Waals surface area contributed by atoms with Crippen molar-refractivity contribution in [2.75, 3.05) is 32.8 Å². The van der Waals surface area contributed by atoms with E-state index in [1.165, 1.54) is 0 Å². The lowest BCUT2D eigenvalue weighted by Gasteiger charge is -2.37. The predicted molar refractivity (Wildman–Crippen MR) is 123 cm³/mol. The normalized spacial score (nSPS) is 34.5. The summed E-state index contributed by atoms with van der Waals surface area (Å²) < 4.78 is 12.0. The molecule has 3 unspecified atom stereocenters. The lowest BCUT2D eigenvalue weighted by atomic mass is 9.62. The first-order chi connectivity index (χ1) is 15.7. The molecule has 186 valence electrons. The Labute approximate surface area is 197 Å². The number of nitrogens with zero attached hydrogens (tertiary/aromatic N) is 2. The number of hydrogen-bond donors (Lipinski definition) is 1. The number of aliphatic hydroxyl groups excluding tert-OH is 1. The van der Waals surface area contributed by atoms with Crippen LogP contribution >= 0.6 is 0 Å². The fourth-order valence-electron chi connectivity index (χ4n) is 6.26. The van der Waals surface area contributed by atoms with Gasteiger partial charge in [0.1, 0.15) is 17.6 Å². The van der Waals surface area contributed by atoms with Crippen LogP contribution in [0.15, 0.2) is 12.7 Å². The number of unbranched alkanes of at least 4 members (excludes halogenated alkanes) is 2. The molecule has 6 atom stereocenters. The van der Waals surface area contributed by atoms with Gasteiger partial charge in [0.05, 0.1) is 18.1 Å².